The van der Waals surface area contributed by atoms with Crippen molar-refractivity contribution in [1.82, 2.24) is 10.2 Å². The molecule has 0 aromatic heterocycles. The first-order valence-corrected chi connectivity index (χ1v) is 8.98. The van der Waals surface area contributed by atoms with Gasteiger partial charge in [-0.05, 0) is 37.3 Å². The van der Waals surface area contributed by atoms with E-state index in [0.29, 0.717) is 0 Å². The molecule has 1 saturated carbocycles. The van der Waals surface area contributed by atoms with Gasteiger partial charge in [-0.3, -0.25) is 4.99 Å². The van der Waals surface area contributed by atoms with Gasteiger partial charge in [0.15, 0.2) is 5.96 Å². The molecular weight excluding hydrogens is 413 g/mol. The quantitative estimate of drug-likeness (QED) is 0.428. The van der Waals surface area contributed by atoms with Crippen LogP contribution in [0.25, 0.3) is 0 Å². The van der Waals surface area contributed by atoms with E-state index in [9.17, 15) is 0 Å². The van der Waals surface area contributed by atoms with Crippen molar-refractivity contribution in [3.8, 4) is 0 Å². The van der Waals surface area contributed by atoms with Crippen molar-refractivity contribution in [3.05, 3.63) is 35.4 Å². The topological polar surface area (TPSA) is 36.9 Å². The Morgan fingerprint density at radius 1 is 1.33 bits per heavy atom. The number of rotatable bonds is 5. The van der Waals surface area contributed by atoms with Crippen LogP contribution in [0.3, 0.4) is 0 Å². The molecule has 1 heterocycles. The fraction of sp³-hybridized carbons (Fsp3) is 0.632. The lowest BCUT2D eigenvalue weighted by atomic mass is 10.0. The van der Waals surface area contributed by atoms with Crippen molar-refractivity contribution in [1.29, 1.82) is 0 Å². The van der Waals surface area contributed by atoms with E-state index in [0.717, 1.165) is 44.7 Å². The van der Waals surface area contributed by atoms with Crippen LogP contribution in [0.1, 0.15) is 43.4 Å². The number of morpholine rings is 1. The largest absolute Gasteiger partial charge is 0.370 e. The molecule has 4 nitrogen and oxygen atoms in total. The van der Waals surface area contributed by atoms with Crippen molar-refractivity contribution in [2.45, 2.75) is 39.2 Å². The predicted molar refractivity (Wildman–Crippen MR) is 110 cm³/mol. The Balaban J connectivity index is 0.00000208. The Morgan fingerprint density at radius 3 is 2.83 bits per heavy atom. The Kier molecular flexibility index (Phi) is 7.81. The average Bonchev–Trinajstić information content (AvgIpc) is 3.39. The first-order valence-electron chi connectivity index (χ1n) is 8.98. The van der Waals surface area contributed by atoms with Gasteiger partial charge in [0.2, 0.25) is 0 Å². The molecule has 0 amide bonds. The lowest BCUT2D eigenvalue weighted by Crippen LogP contribution is -2.48. The van der Waals surface area contributed by atoms with Gasteiger partial charge < -0.3 is 15.0 Å². The summed E-state index contributed by atoms with van der Waals surface area (Å²) in [4.78, 5) is 7.20. The highest BCUT2D eigenvalue weighted by Gasteiger charge is 2.25. The number of nitrogens with zero attached hydrogens (tertiary/aromatic N) is 2. The highest BCUT2D eigenvalue weighted by atomic mass is 127. The maximum absolute atomic E-state index is 6.03. The van der Waals surface area contributed by atoms with Crippen LogP contribution in [0.5, 0.6) is 0 Å². The lowest BCUT2D eigenvalue weighted by molar-refractivity contribution is -0.00833. The van der Waals surface area contributed by atoms with Gasteiger partial charge in [-0.15, -0.1) is 24.0 Å². The maximum atomic E-state index is 6.03. The summed E-state index contributed by atoms with van der Waals surface area (Å²) >= 11 is 0. The van der Waals surface area contributed by atoms with Gasteiger partial charge in [-0.25, -0.2) is 0 Å². The number of hydrogen-bond acceptors (Lipinski definition) is 2. The van der Waals surface area contributed by atoms with E-state index in [1.165, 1.54) is 30.4 Å². The molecule has 134 valence electrons. The summed E-state index contributed by atoms with van der Waals surface area (Å²) in [7, 11) is 0. The molecule has 1 aliphatic carbocycles. The number of guanidine groups is 1. The number of hydrogen-bond donors (Lipinski definition) is 1. The SMILES string of the molecule is CCNC(=NCCC1CC1)N1CCOC(c2ccccc2C)C1.I. The summed E-state index contributed by atoms with van der Waals surface area (Å²) in [6, 6.07) is 8.52. The van der Waals surface area contributed by atoms with Gasteiger partial charge in [-0.1, -0.05) is 37.1 Å². The van der Waals surface area contributed by atoms with Crippen molar-refractivity contribution >= 4 is 29.9 Å². The average molecular weight is 443 g/mol. The molecule has 1 unspecified atom stereocenters. The number of aryl methyl sites for hydroxylation is 1. The van der Waals surface area contributed by atoms with Crippen molar-refractivity contribution in [2.24, 2.45) is 10.9 Å². The van der Waals surface area contributed by atoms with Crippen molar-refractivity contribution < 1.29 is 4.74 Å². The standard InChI is InChI=1S/C19H29N3O.HI/c1-3-20-19(21-11-10-16-8-9-16)22-12-13-23-18(14-22)17-7-5-4-6-15(17)2;/h4-7,16,18H,3,8-14H2,1-2H3,(H,20,21);1H. The molecule has 0 bridgehead atoms. The summed E-state index contributed by atoms with van der Waals surface area (Å²) < 4.78 is 6.03. The molecule has 0 radical (unpaired) electrons. The normalized spacial score (nSPS) is 21.3. The molecule has 2 fully saturated rings. The van der Waals surface area contributed by atoms with E-state index in [1.54, 1.807) is 0 Å². The molecule has 1 aliphatic heterocycles. The second kappa shape index (κ2) is 9.61. The molecule has 24 heavy (non-hydrogen) atoms. The molecule has 1 N–H and O–H groups in total. The molecule has 1 aromatic rings. The fourth-order valence-corrected chi connectivity index (χ4v) is 3.16. The second-order valence-corrected chi connectivity index (χ2v) is 6.63. The molecule has 1 saturated heterocycles. The second-order valence-electron chi connectivity index (χ2n) is 6.63. The highest BCUT2D eigenvalue weighted by molar-refractivity contribution is 14.0. The van der Waals surface area contributed by atoms with E-state index < -0.39 is 0 Å². The Morgan fingerprint density at radius 2 is 2.12 bits per heavy atom. The van der Waals surface area contributed by atoms with Gasteiger partial charge in [0.1, 0.15) is 6.10 Å². The van der Waals surface area contributed by atoms with Gasteiger partial charge >= 0.3 is 0 Å². The smallest absolute Gasteiger partial charge is 0.194 e. The van der Waals surface area contributed by atoms with Crippen LogP contribution in [-0.4, -0.2) is 43.6 Å². The summed E-state index contributed by atoms with van der Waals surface area (Å²) in [6.07, 6.45) is 4.18. The number of ether oxygens (including phenoxy) is 1. The molecule has 2 aliphatic rings. The number of aliphatic imine (C=N–C) groups is 1. The van der Waals surface area contributed by atoms with Crippen molar-refractivity contribution in [3.63, 3.8) is 0 Å². The molecule has 3 rings (SSSR count). The van der Waals surface area contributed by atoms with Gasteiger partial charge in [0, 0.05) is 19.6 Å². The molecule has 1 aromatic carbocycles. The molecular formula is C19H30IN3O. The van der Waals surface area contributed by atoms with E-state index in [4.69, 9.17) is 9.73 Å². The Bertz CT molecular complexity index is 545. The van der Waals surface area contributed by atoms with E-state index in [1.807, 2.05) is 0 Å². The summed E-state index contributed by atoms with van der Waals surface area (Å²) in [5, 5.41) is 3.45. The third kappa shape index (κ3) is 5.34. The minimum atomic E-state index is 0. The number of benzene rings is 1. The van der Waals surface area contributed by atoms with Crippen LogP contribution in [-0.2, 0) is 4.74 Å². The Hall–Kier alpha value is -0.820. The van der Waals surface area contributed by atoms with E-state index >= 15 is 0 Å². The van der Waals surface area contributed by atoms with E-state index in [-0.39, 0.29) is 30.1 Å². The zero-order valence-corrected chi connectivity index (χ0v) is 17.2. The molecule has 5 heteroatoms. The highest BCUT2D eigenvalue weighted by Crippen LogP contribution is 2.32. The minimum absolute atomic E-state index is 0. The summed E-state index contributed by atoms with van der Waals surface area (Å²) in [5.41, 5.74) is 2.60. The zero-order valence-electron chi connectivity index (χ0n) is 14.8. The summed E-state index contributed by atoms with van der Waals surface area (Å²) in [6.45, 7) is 8.69. The minimum Gasteiger partial charge on any atom is -0.370 e. The fourth-order valence-electron chi connectivity index (χ4n) is 3.16. The zero-order chi connectivity index (χ0) is 16.1. The first kappa shape index (κ1) is 19.5. The maximum Gasteiger partial charge on any atom is 0.194 e. The van der Waals surface area contributed by atoms with Crippen LogP contribution < -0.4 is 5.32 Å². The summed E-state index contributed by atoms with van der Waals surface area (Å²) in [5.74, 6) is 1.99. The first-order chi connectivity index (χ1) is 11.3. The van der Waals surface area contributed by atoms with Crippen LogP contribution in [0.15, 0.2) is 29.3 Å². The number of nitrogens with one attached hydrogen (secondary N) is 1. The van der Waals surface area contributed by atoms with Gasteiger partial charge in [0.25, 0.3) is 0 Å². The monoisotopic (exact) mass is 443 g/mol. The third-order valence-electron chi connectivity index (χ3n) is 4.73. The van der Waals surface area contributed by atoms with E-state index in [2.05, 4.69) is 48.3 Å². The van der Waals surface area contributed by atoms with Crippen LogP contribution in [0, 0.1) is 12.8 Å². The molecule has 1 atom stereocenters. The van der Waals surface area contributed by atoms with Crippen molar-refractivity contribution in [2.75, 3.05) is 32.8 Å². The lowest BCUT2D eigenvalue weighted by Gasteiger charge is -2.35. The van der Waals surface area contributed by atoms with Gasteiger partial charge in [0.05, 0.1) is 13.2 Å². The third-order valence-corrected chi connectivity index (χ3v) is 4.73. The van der Waals surface area contributed by atoms with Gasteiger partial charge in [-0.2, -0.15) is 0 Å². The number of halogens is 1. The molecule has 0 spiro atoms. The predicted octanol–water partition coefficient (Wildman–Crippen LogP) is 3.75. The van der Waals surface area contributed by atoms with Crippen LogP contribution in [0.2, 0.25) is 0 Å². The van der Waals surface area contributed by atoms with Crippen LogP contribution >= 0.6 is 24.0 Å². The Labute approximate surface area is 163 Å². The van der Waals surface area contributed by atoms with Crippen LogP contribution in [0.4, 0.5) is 0 Å².